The molecule has 0 saturated carbocycles. The summed E-state index contributed by atoms with van der Waals surface area (Å²) >= 11 is 0. The maximum Gasteiger partial charge on any atom is 0.257 e. The van der Waals surface area contributed by atoms with Gasteiger partial charge in [-0.1, -0.05) is 30.3 Å². The first-order valence-corrected chi connectivity index (χ1v) is 9.26. The second-order valence-corrected chi connectivity index (χ2v) is 6.97. The van der Waals surface area contributed by atoms with E-state index in [9.17, 15) is 9.59 Å². The molecule has 1 fully saturated rings. The molecular weight excluding hydrogens is 340 g/mol. The molecule has 0 N–H and O–H groups in total. The third-order valence-corrected chi connectivity index (χ3v) is 5.16. The Labute approximate surface area is 160 Å². The average molecular weight is 366 g/mol. The van der Waals surface area contributed by atoms with Crippen LogP contribution in [0.2, 0.25) is 0 Å². The van der Waals surface area contributed by atoms with Gasteiger partial charge < -0.3 is 14.5 Å². The molecule has 2 aromatic rings. The van der Waals surface area contributed by atoms with Gasteiger partial charge in [-0.05, 0) is 42.7 Å². The van der Waals surface area contributed by atoms with Gasteiger partial charge in [-0.25, -0.2) is 0 Å². The highest BCUT2D eigenvalue weighted by Crippen LogP contribution is 2.25. The standard InChI is InChI=1S/C22H26N2O3/c1-16-13-19(20(27-3)14-17(16)2)22(26)24-11-9-23(10-12-24)21(25)15-18-7-5-4-6-8-18/h4-8,13-14H,9-12,15H2,1-3H3. The maximum atomic E-state index is 13.0. The van der Waals surface area contributed by atoms with Crippen LogP contribution in [-0.2, 0) is 11.2 Å². The van der Waals surface area contributed by atoms with Crippen LogP contribution in [0.4, 0.5) is 0 Å². The Bertz CT molecular complexity index is 825. The predicted molar refractivity (Wildman–Crippen MR) is 105 cm³/mol. The van der Waals surface area contributed by atoms with E-state index in [4.69, 9.17) is 4.74 Å². The number of hydrogen-bond acceptors (Lipinski definition) is 3. The first kappa shape index (κ1) is 19.0. The molecule has 0 bridgehead atoms. The molecule has 142 valence electrons. The molecule has 0 aromatic heterocycles. The van der Waals surface area contributed by atoms with Crippen molar-refractivity contribution in [2.45, 2.75) is 20.3 Å². The predicted octanol–water partition coefficient (Wildman–Crippen LogP) is 2.84. The number of nitrogens with zero attached hydrogens (tertiary/aromatic N) is 2. The number of carbonyl (C=O) groups is 2. The fourth-order valence-corrected chi connectivity index (χ4v) is 3.34. The van der Waals surface area contributed by atoms with Gasteiger partial charge in [0, 0.05) is 26.2 Å². The van der Waals surface area contributed by atoms with Crippen molar-refractivity contribution in [2.24, 2.45) is 0 Å². The fourth-order valence-electron chi connectivity index (χ4n) is 3.34. The molecule has 27 heavy (non-hydrogen) atoms. The van der Waals surface area contributed by atoms with E-state index in [2.05, 4.69) is 0 Å². The third-order valence-electron chi connectivity index (χ3n) is 5.16. The van der Waals surface area contributed by atoms with Crippen molar-refractivity contribution in [3.63, 3.8) is 0 Å². The third kappa shape index (κ3) is 4.30. The summed E-state index contributed by atoms with van der Waals surface area (Å²) in [7, 11) is 1.58. The number of ether oxygens (including phenoxy) is 1. The van der Waals surface area contributed by atoms with Gasteiger partial charge in [-0.15, -0.1) is 0 Å². The molecule has 2 aromatic carbocycles. The first-order chi connectivity index (χ1) is 13.0. The molecule has 5 heteroatoms. The van der Waals surface area contributed by atoms with Crippen molar-refractivity contribution in [3.05, 3.63) is 64.7 Å². The summed E-state index contributed by atoms with van der Waals surface area (Å²) in [4.78, 5) is 29.1. The SMILES string of the molecule is COc1cc(C)c(C)cc1C(=O)N1CCN(C(=O)Cc2ccccc2)CC1. The second kappa shape index (κ2) is 8.25. The Morgan fingerprint density at radius 2 is 1.52 bits per heavy atom. The molecule has 3 rings (SSSR count). The molecule has 2 amide bonds. The number of aryl methyl sites for hydroxylation is 2. The Hall–Kier alpha value is -2.82. The maximum absolute atomic E-state index is 13.0. The van der Waals surface area contributed by atoms with Crippen molar-refractivity contribution < 1.29 is 14.3 Å². The van der Waals surface area contributed by atoms with Crippen LogP contribution in [-0.4, -0.2) is 54.9 Å². The summed E-state index contributed by atoms with van der Waals surface area (Å²) in [6, 6.07) is 13.5. The van der Waals surface area contributed by atoms with Crippen LogP contribution < -0.4 is 4.74 Å². The highest BCUT2D eigenvalue weighted by molar-refractivity contribution is 5.97. The van der Waals surface area contributed by atoms with E-state index in [1.807, 2.05) is 61.2 Å². The summed E-state index contributed by atoms with van der Waals surface area (Å²) in [6.45, 7) is 6.19. The van der Waals surface area contributed by atoms with Gasteiger partial charge in [0.2, 0.25) is 5.91 Å². The van der Waals surface area contributed by atoms with E-state index in [1.165, 1.54) is 0 Å². The van der Waals surface area contributed by atoms with E-state index >= 15 is 0 Å². The van der Waals surface area contributed by atoms with Gasteiger partial charge >= 0.3 is 0 Å². The lowest BCUT2D eigenvalue weighted by Crippen LogP contribution is -2.51. The Morgan fingerprint density at radius 3 is 2.15 bits per heavy atom. The second-order valence-electron chi connectivity index (χ2n) is 6.97. The molecule has 1 saturated heterocycles. The molecule has 1 aliphatic rings. The molecule has 0 atom stereocenters. The molecule has 0 unspecified atom stereocenters. The van der Waals surface area contributed by atoms with E-state index < -0.39 is 0 Å². The normalized spacial score (nSPS) is 14.2. The Balaban J connectivity index is 1.63. The Kier molecular flexibility index (Phi) is 5.79. The van der Waals surface area contributed by atoms with Crippen LogP contribution in [0.3, 0.4) is 0 Å². The molecule has 5 nitrogen and oxygen atoms in total. The minimum absolute atomic E-state index is 0.0369. The van der Waals surface area contributed by atoms with Crippen LogP contribution in [0.5, 0.6) is 5.75 Å². The molecule has 1 heterocycles. The largest absolute Gasteiger partial charge is 0.496 e. The summed E-state index contributed by atoms with van der Waals surface area (Å²) in [5.74, 6) is 0.674. The minimum Gasteiger partial charge on any atom is -0.496 e. The number of carbonyl (C=O) groups excluding carboxylic acids is 2. The summed E-state index contributed by atoms with van der Waals surface area (Å²) in [5, 5.41) is 0. The highest BCUT2D eigenvalue weighted by Gasteiger charge is 2.26. The number of rotatable bonds is 4. The first-order valence-electron chi connectivity index (χ1n) is 9.26. The van der Waals surface area contributed by atoms with Crippen molar-refractivity contribution in [1.29, 1.82) is 0 Å². The van der Waals surface area contributed by atoms with E-state index in [1.54, 1.807) is 12.0 Å². The monoisotopic (exact) mass is 366 g/mol. The van der Waals surface area contributed by atoms with Crippen molar-refractivity contribution in [1.82, 2.24) is 9.80 Å². The average Bonchev–Trinajstić information content (AvgIpc) is 2.70. The van der Waals surface area contributed by atoms with E-state index in [0.717, 1.165) is 16.7 Å². The van der Waals surface area contributed by atoms with Crippen LogP contribution in [0.25, 0.3) is 0 Å². The number of benzene rings is 2. The van der Waals surface area contributed by atoms with Crippen molar-refractivity contribution >= 4 is 11.8 Å². The molecule has 1 aliphatic heterocycles. The zero-order valence-electron chi connectivity index (χ0n) is 16.2. The van der Waals surface area contributed by atoms with Crippen molar-refractivity contribution in [3.8, 4) is 5.75 Å². The number of hydrogen-bond donors (Lipinski definition) is 0. The van der Waals surface area contributed by atoms with Crippen molar-refractivity contribution in [2.75, 3.05) is 33.3 Å². The van der Waals surface area contributed by atoms with Gasteiger partial charge in [0.05, 0.1) is 19.1 Å². The number of methoxy groups -OCH3 is 1. The smallest absolute Gasteiger partial charge is 0.257 e. The van der Waals surface area contributed by atoms with E-state index in [0.29, 0.717) is 43.9 Å². The summed E-state index contributed by atoms with van der Waals surface area (Å²) < 4.78 is 5.41. The van der Waals surface area contributed by atoms with E-state index in [-0.39, 0.29) is 11.8 Å². The van der Waals surface area contributed by atoms with Gasteiger partial charge in [0.1, 0.15) is 5.75 Å². The number of amides is 2. The molecular formula is C22H26N2O3. The van der Waals surface area contributed by atoms with Gasteiger partial charge in [0.25, 0.3) is 5.91 Å². The fraction of sp³-hybridized carbons (Fsp3) is 0.364. The molecule has 0 radical (unpaired) electrons. The van der Waals surface area contributed by atoms with Gasteiger partial charge in [-0.2, -0.15) is 0 Å². The zero-order chi connectivity index (χ0) is 19.4. The summed E-state index contributed by atoms with van der Waals surface area (Å²) in [5.41, 5.74) is 3.76. The van der Waals surface area contributed by atoms with Crippen LogP contribution in [0.15, 0.2) is 42.5 Å². The molecule has 0 spiro atoms. The lowest BCUT2D eigenvalue weighted by molar-refractivity contribution is -0.131. The van der Waals surface area contributed by atoms with Gasteiger partial charge in [0.15, 0.2) is 0 Å². The Morgan fingerprint density at radius 1 is 0.926 bits per heavy atom. The lowest BCUT2D eigenvalue weighted by atomic mass is 10.0. The van der Waals surface area contributed by atoms with Crippen LogP contribution >= 0.6 is 0 Å². The van der Waals surface area contributed by atoms with Gasteiger partial charge in [-0.3, -0.25) is 9.59 Å². The quantitative estimate of drug-likeness (QED) is 0.836. The number of piperazine rings is 1. The zero-order valence-corrected chi connectivity index (χ0v) is 16.2. The van der Waals surface area contributed by atoms with Crippen LogP contribution in [0.1, 0.15) is 27.0 Å². The molecule has 0 aliphatic carbocycles. The summed E-state index contributed by atoms with van der Waals surface area (Å²) in [6.07, 6.45) is 0.403. The lowest BCUT2D eigenvalue weighted by Gasteiger charge is -2.35. The topological polar surface area (TPSA) is 49.9 Å². The minimum atomic E-state index is -0.0369. The highest BCUT2D eigenvalue weighted by atomic mass is 16.5. The van der Waals surface area contributed by atoms with Crippen LogP contribution in [0, 0.1) is 13.8 Å².